The highest BCUT2D eigenvalue weighted by Crippen LogP contribution is 2.43. The normalized spacial score (nSPS) is 16.0. The van der Waals surface area contributed by atoms with Crippen LogP contribution in [0.25, 0.3) is 0 Å². The van der Waals surface area contributed by atoms with Crippen molar-refractivity contribution in [1.82, 2.24) is 4.90 Å². The monoisotopic (exact) mass is 490 g/mol. The van der Waals surface area contributed by atoms with Gasteiger partial charge in [-0.1, -0.05) is 34.1 Å². The summed E-state index contributed by atoms with van der Waals surface area (Å²) in [5.74, 6) is -0.0440. The standard InChI is InChI=1S/C22H23BrN2O2S2/c1-14-15(2)29-22(24-21(26)18-7-4-12-28-18)19(14)20(25-8-10-27-11-9-25)16-5-3-6-17(23)13-16/h3-7,12-13,20H,8-11H2,1-2H3,(H,24,26)/t20-/m1/s1. The van der Waals surface area contributed by atoms with E-state index >= 15 is 0 Å². The van der Waals surface area contributed by atoms with Crippen LogP contribution in [0.5, 0.6) is 0 Å². The first-order valence-electron chi connectivity index (χ1n) is 9.56. The van der Waals surface area contributed by atoms with Crippen molar-refractivity contribution in [2.24, 2.45) is 0 Å². The highest BCUT2D eigenvalue weighted by Gasteiger charge is 2.30. The van der Waals surface area contributed by atoms with Gasteiger partial charge in [-0.3, -0.25) is 9.69 Å². The minimum Gasteiger partial charge on any atom is -0.379 e. The Labute approximate surface area is 187 Å². The van der Waals surface area contributed by atoms with Gasteiger partial charge in [0.05, 0.1) is 24.1 Å². The third kappa shape index (κ3) is 4.49. The van der Waals surface area contributed by atoms with Crippen molar-refractivity contribution in [3.05, 3.63) is 72.7 Å². The van der Waals surface area contributed by atoms with Crippen LogP contribution in [-0.2, 0) is 4.74 Å². The van der Waals surface area contributed by atoms with Gasteiger partial charge in [0.1, 0.15) is 5.00 Å². The maximum absolute atomic E-state index is 12.8. The lowest BCUT2D eigenvalue weighted by Gasteiger charge is -2.35. The van der Waals surface area contributed by atoms with Gasteiger partial charge in [0.15, 0.2) is 0 Å². The molecule has 29 heavy (non-hydrogen) atoms. The Bertz CT molecular complexity index is 994. The number of hydrogen-bond donors (Lipinski definition) is 1. The second-order valence-electron chi connectivity index (χ2n) is 7.06. The highest BCUT2D eigenvalue weighted by molar-refractivity contribution is 9.10. The second kappa shape index (κ2) is 9.10. The summed E-state index contributed by atoms with van der Waals surface area (Å²) in [7, 11) is 0. The highest BCUT2D eigenvalue weighted by atomic mass is 79.9. The number of nitrogens with zero attached hydrogens (tertiary/aromatic N) is 1. The number of amides is 1. The lowest BCUT2D eigenvalue weighted by atomic mass is 9.94. The summed E-state index contributed by atoms with van der Waals surface area (Å²) in [5.41, 5.74) is 3.65. The van der Waals surface area contributed by atoms with Gasteiger partial charge in [0.25, 0.3) is 5.91 Å². The zero-order valence-electron chi connectivity index (χ0n) is 16.4. The summed E-state index contributed by atoms with van der Waals surface area (Å²) in [5, 5.41) is 6.07. The molecule has 1 fully saturated rings. The van der Waals surface area contributed by atoms with Gasteiger partial charge >= 0.3 is 0 Å². The van der Waals surface area contributed by atoms with E-state index in [1.165, 1.54) is 32.9 Å². The lowest BCUT2D eigenvalue weighted by molar-refractivity contribution is 0.0240. The zero-order valence-corrected chi connectivity index (χ0v) is 19.6. The van der Waals surface area contributed by atoms with Crippen LogP contribution in [0.1, 0.15) is 37.3 Å². The number of halogens is 1. The topological polar surface area (TPSA) is 41.6 Å². The van der Waals surface area contributed by atoms with Gasteiger partial charge < -0.3 is 10.1 Å². The van der Waals surface area contributed by atoms with Gasteiger partial charge in [-0.15, -0.1) is 22.7 Å². The summed E-state index contributed by atoms with van der Waals surface area (Å²) in [4.78, 5) is 17.2. The van der Waals surface area contributed by atoms with Crippen LogP contribution in [0.15, 0.2) is 46.3 Å². The number of hydrogen-bond acceptors (Lipinski definition) is 5. The van der Waals surface area contributed by atoms with Crippen LogP contribution in [0.4, 0.5) is 5.00 Å². The van der Waals surface area contributed by atoms with Gasteiger partial charge in [0, 0.05) is 28.0 Å². The Morgan fingerprint density at radius 3 is 2.69 bits per heavy atom. The number of carbonyl (C=O) groups excluding carboxylic acids is 1. The predicted octanol–water partition coefficient (Wildman–Crippen LogP) is 5.86. The smallest absolute Gasteiger partial charge is 0.266 e. The molecule has 1 atom stereocenters. The van der Waals surface area contributed by atoms with Crippen molar-refractivity contribution in [2.75, 3.05) is 31.6 Å². The molecular weight excluding hydrogens is 468 g/mol. The van der Waals surface area contributed by atoms with E-state index in [4.69, 9.17) is 4.74 Å². The number of ether oxygens (including phenoxy) is 1. The Morgan fingerprint density at radius 2 is 2.00 bits per heavy atom. The van der Waals surface area contributed by atoms with Crippen molar-refractivity contribution in [3.63, 3.8) is 0 Å². The van der Waals surface area contributed by atoms with Crippen molar-refractivity contribution >= 4 is 49.5 Å². The summed E-state index contributed by atoms with van der Waals surface area (Å²) in [6, 6.07) is 12.3. The first-order valence-corrected chi connectivity index (χ1v) is 12.1. The average Bonchev–Trinajstić information content (AvgIpc) is 3.34. The van der Waals surface area contributed by atoms with Gasteiger partial charge in [-0.2, -0.15) is 0 Å². The van der Waals surface area contributed by atoms with Crippen LogP contribution in [0.3, 0.4) is 0 Å². The van der Waals surface area contributed by atoms with Crippen molar-refractivity contribution < 1.29 is 9.53 Å². The number of morpholine rings is 1. The van der Waals surface area contributed by atoms with Crippen LogP contribution >= 0.6 is 38.6 Å². The Balaban J connectivity index is 1.78. The van der Waals surface area contributed by atoms with Crippen molar-refractivity contribution in [2.45, 2.75) is 19.9 Å². The van der Waals surface area contributed by atoms with E-state index in [-0.39, 0.29) is 11.9 Å². The van der Waals surface area contributed by atoms with Crippen LogP contribution in [0.2, 0.25) is 0 Å². The molecule has 0 unspecified atom stereocenters. The average molecular weight is 491 g/mol. The van der Waals surface area contributed by atoms with E-state index in [1.807, 2.05) is 23.6 Å². The molecule has 4 rings (SSSR count). The summed E-state index contributed by atoms with van der Waals surface area (Å²) in [6.45, 7) is 7.47. The molecule has 3 aromatic rings. The number of carbonyl (C=O) groups is 1. The molecule has 0 saturated carbocycles. The Morgan fingerprint density at radius 1 is 1.21 bits per heavy atom. The van der Waals surface area contributed by atoms with E-state index in [0.29, 0.717) is 0 Å². The number of anilines is 1. The molecule has 0 bridgehead atoms. The first-order chi connectivity index (χ1) is 14.0. The number of rotatable bonds is 5. The number of thiophene rings is 2. The third-order valence-corrected chi connectivity index (χ3v) is 7.75. The lowest BCUT2D eigenvalue weighted by Crippen LogP contribution is -2.39. The van der Waals surface area contributed by atoms with E-state index in [0.717, 1.165) is 40.7 Å². The molecule has 1 N–H and O–H groups in total. The van der Waals surface area contributed by atoms with E-state index < -0.39 is 0 Å². The molecular formula is C22H23BrN2O2S2. The first kappa shape index (κ1) is 20.8. The molecule has 2 aromatic heterocycles. The molecule has 1 aliphatic rings. The molecule has 0 spiro atoms. The fraction of sp³-hybridized carbons (Fsp3) is 0.318. The molecule has 4 nitrogen and oxygen atoms in total. The summed E-state index contributed by atoms with van der Waals surface area (Å²) >= 11 is 6.75. The summed E-state index contributed by atoms with van der Waals surface area (Å²) < 4.78 is 6.67. The predicted molar refractivity (Wildman–Crippen MR) is 124 cm³/mol. The van der Waals surface area contributed by atoms with Crippen LogP contribution < -0.4 is 5.32 Å². The third-order valence-electron chi connectivity index (χ3n) is 5.25. The second-order valence-corrected chi connectivity index (χ2v) is 10.2. The van der Waals surface area contributed by atoms with Gasteiger partial charge in [-0.05, 0) is 48.6 Å². The fourth-order valence-electron chi connectivity index (χ4n) is 3.71. The molecule has 1 saturated heterocycles. The van der Waals surface area contributed by atoms with Gasteiger partial charge in [0.2, 0.25) is 0 Å². The molecule has 1 amide bonds. The zero-order chi connectivity index (χ0) is 20.4. The molecule has 3 heterocycles. The molecule has 7 heteroatoms. The fourth-order valence-corrected chi connectivity index (χ4v) is 5.84. The molecule has 152 valence electrons. The maximum atomic E-state index is 12.8. The van der Waals surface area contributed by atoms with E-state index in [1.54, 1.807) is 11.3 Å². The Hall–Kier alpha value is -1.51. The largest absolute Gasteiger partial charge is 0.379 e. The Kier molecular flexibility index (Phi) is 6.51. The number of aryl methyl sites for hydroxylation is 1. The maximum Gasteiger partial charge on any atom is 0.266 e. The minimum atomic E-state index is -0.0440. The number of nitrogens with one attached hydrogen (secondary N) is 1. The molecule has 1 aromatic carbocycles. The van der Waals surface area contributed by atoms with Gasteiger partial charge in [-0.25, -0.2) is 0 Å². The van der Waals surface area contributed by atoms with Crippen LogP contribution in [-0.4, -0.2) is 37.1 Å². The quantitative estimate of drug-likeness (QED) is 0.486. The van der Waals surface area contributed by atoms with E-state index in [2.05, 4.69) is 58.2 Å². The van der Waals surface area contributed by atoms with Crippen molar-refractivity contribution in [3.8, 4) is 0 Å². The SMILES string of the molecule is Cc1sc(NC(=O)c2cccs2)c([C@@H](c2cccc(Br)c2)N2CCOCC2)c1C. The van der Waals surface area contributed by atoms with E-state index in [9.17, 15) is 4.79 Å². The number of benzene rings is 1. The molecule has 0 aliphatic carbocycles. The summed E-state index contributed by atoms with van der Waals surface area (Å²) in [6.07, 6.45) is 0. The molecule has 1 aliphatic heterocycles. The van der Waals surface area contributed by atoms with Crippen molar-refractivity contribution in [1.29, 1.82) is 0 Å². The van der Waals surface area contributed by atoms with Crippen LogP contribution in [0, 0.1) is 13.8 Å². The minimum absolute atomic E-state index is 0.0440. The molecule has 0 radical (unpaired) electrons.